The maximum atomic E-state index is 11.1. The molecule has 1 amide bonds. The molecule has 0 saturated heterocycles. The SMILES string of the molecule is O=C(CNC1CC1)Nc1nn[nH]n1. The van der Waals surface area contributed by atoms with E-state index in [1.54, 1.807) is 0 Å². The summed E-state index contributed by atoms with van der Waals surface area (Å²) in [5, 5.41) is 18.3. The van der Waals surface area contributed by atoms with Crippen molar-refractivity contribution in [1.29, 1.82) is 0 Å². The molecule has 2 rings (SSSR count). The Morgan fingerprint density at radius 1 is 1.62 bits per heavy atom. The van der Waals surface area contributed by atoms with E-state index in [2.05, 4.69) is 31.3 Å². The van der Waals surface area contributed by atoms with Gasteiger partial charge in [-0.05, 0) is 18.1 Å². The second-order valence-electron chi connectivity index (χ2n) is 2.94. The van der Waals surface area contributed by atoms with Crippen molar-refractivity contribution in [2.75, 3.05) is 11.9 Å². The summed E-state index contributed by atoms with van der Waals surface area (Å²) in [5.41, 5.74) is 0. The number of carbonyl (C=O) groups is 1. The van der Waals surface area contributed by atoms with Gasteiger partial charge in [0.05, 0.1) is 6.54 Å². The van der Waals surface area contributed by atoms with E-state index in [0.717, 1.165) is 12.8 Å². The van der Waals surface area contributed by atoms with Crippen molar-refractivity contribution in [3.63, 3.8) is 0 Å². The number of H-pyrrole nitrogens is 1. The molecule has 0 bridgehead atoms. The monoisotopic (exact) mass is 182 g/mol. The first-order valence-electron chi connectivity index (χ1n) is 4.11. The highest BCUT2D eigenvalue weighted by Crippen LogP contribution is 2.17. The first-order valence-corrected chi connectivity index (χ1v) is 4.11. The molecule has 13 heavy (non-hydrogen) atoms. The van der Waals surface area contributed by atoms with E-state index >= 15 is 0 Å². The summed E-state index contributed by atoms with van der Waals surface area (Å²) in [6, 6.07) is 0.524. The lowest BCUT2D eigenvalue weighted by Crippen LogP contribution is -2.29. The van der Waals surface area contributed by atoms with Crippen LogP contribution in [0.2, 0.25) is 0 Å². The van der Waals surface area contributed by atoms with Crippen molar-refractivity contribution in [1.82, 2.24) is 25.9 Å². The minimum absolute atomic E-state index is 0.145. The standard InChI is InChI=1S/C6H10N6O/c13-5(3-7-4-1-2-4)8-6-9-11-12-10-6/h4,7H,1-3H2,(H2,8,9,10,11,12,13). The van der Waals surface area contributed by atoms with Gasteiger partial charge in [0.1, 0.15) is 0 Å². The summed E-state index contributed by atoms with van der Waals surface area (Å²) in [6.45, 7) is 0.305. The van der Waals surface area contributed by atoms with Crippen LogP contribution in [-0.2, 0) is 4.79 Å². The lowest BCUT2D eigenvalue weighted by Gasteiger charge is -2.00. The average Bonchev–Trinajstić information content (AvgIpc) is 2.82. The summed E-state index contributed by atoms with van der Waals surface area (Å²) in [7, 11) is 0. The molecule has 0 aromatic carbocycles. The lowest BCUT2D eigenvalue weighted by molar-refractivity contribution is -0.115. The van der Waals surface area contributed by atoms with Gasteiger partial charge in [-0.2, -0.15) is 5.21 Å². The zero-order valence-electron chi connectivity index (χ0n) is 6.95. The fourth-order valence-corrected chi connectivity index (χ4v) is 0.908. The summed E-state index contributed by atoms with van der Waals surface area (Å²) < 4.78 is 0. The molecule has 0 aliphatic heterocycles. The summed E-state index contributed by atoms with van der Waals surface area (Å²) >= 11 is 0. The molecule has 7 heteroatoms. The predicted molar refractivity (Wildman–Crippen MR) is 43.8 cm³/mol. The van der Waals surface area contributed by atoms with Gasteiger partial charge >= 0.3 is 0 Å². The largest absolute Gasteiger partial charge is 0.306 e. The van der Waals surface area contributed by atoms with E-state index in [0.29, 0.717) is 12.6 Å². The van der Waals surface area contributed by atoms with Crippen molar-refractivity contribution in [3.8, 4) is 0 Å². The molecule has 1 aliphatic rings. The van der Waals surface area contributed by atoms with Gasteiger partial charge in [0.25, 0.3) is 5.95 Å². The highest BCUT2D eigenvalue weighted by molar-refractivity contribution is 5.90. The van der Waals surface area contributed by atoms with Gasteiger partial charge in [-0.25, -0.2) is 0 Å². The van der Waals surface area contributed by atoms with Crippen molar-refractivity contribution in [2.45, 2.75) is 18.9 Å². The molecule has 1 saturated carbocycles. The van der Waals surface area contributed by atoms with E-state index in [4.69, 9.17) is 0 Å². The number of aromatic nitrogens is 4. The number of hydrogen-bond acceptors (Lipinski definition) is 5. The summed E-state index contributed by atoms with van der Waals surface area (Å²) in [4.78, 5) is 11.1. The van der Waals surface area contributed by atoms with Crippen LogP contribution in [0.15, 0.2) is 0 Å². The lowest BCUT2D eigenvalue weighted by atomic mass is 10.5. The van der Waals surface area contributed by atoms with Crippen LogP contribution in [0.25, 0.3) is 0 Å². The molecule has 0 atom stereocenters. The van der Waals surface area contributed by atoms with Crippen LogP contribution in [0.5, 0.6) is 0 Å². The van der Waals surface area contributed by atoms with E-state index in [1.807, 2.05) is 0 Å². The number of rotatable bonds is 4. The van der Waals surface area contributed by atoms with Crippen molar-refractivity contribution in [3.05, 3.63) is 0 Å². The molecule has 0 spiro atoms. The Morgan fingerprint density at radius 3 is 3.08 bits per heavy atom. The van der Waals surface area contributed by atoms with Crippen LogP contribution >= 0.6 is 0 Å². The van der Waals surface area contributed by atoms with Crippen LogP contribution in [-0.4, -0.2) is 39.1 Å². The number of hydrogen-bond donors (Lipinski definition) is 3. The Hall–Kier alpha value is -1.50. The minimum atomic E-state index is -0.145. The first-order chi connectivity index (χ1) is 6.34. The molecular weight excluding hydrogens is 172 g/mol. The number of carbonyl (C=O) groups excluding carboxylic acids is 1. The van der Waals surface area contributed by atoms with Crippen molar-refractivity contribution in [2.24, 2.45) is 0 Å². The molecule has 1 aromatic rings. The average molecular weight is 182 g/mol. The Labute approximate surface area is 74.3 Å². The third-order valence-corrected chi connectivity index (χ3v) is 1.73. The maximum absolute atomic E-state index is 11.1. The van der Waals surface area contributed by atoms with Crippen LogP contribution < -0.4 is 10.6 Å². The second kappa shape index (κ2) is 3.48. The fraction of sp³-hybridized carbons (Fsp3) is 0.667. The Balaban J connectivity index is 1.71. The zero-order chi connectivity index (χ0) is 9.10. The third kappa shape index (κ3) is 2.48. The number of nitrogens with zero attached hydrogens (tertiary/aromatic N) is 3. The quantitative estimate of drug-likeness (QED) is 0.548. The van der Waals surface area contributed by atoms with Gasteiger partial charge in [-0.3, -0.25) is 10.1 Å². The summed E-state index contributed by atoms with van der Waals surface area (Å²) in [5.74, 6) is 0.0656. The maximum Gasteiger partial charge on any atom is 0.269 e. The summed E-state index contributed by atoms with van der Waals surface area (Å²) in [6.07, 6.45) is 2.32. The predicted octanol–water partition coefficient (Wildman–Crippen LogP) is -1.11. The molecule has 7 nitrogen and oxygen atoms in total. The fourth-order valence-electron chi connectivity index (χ4n) is 0.908. The van der Waals surface area contributed by atoms with Gasteiger partial charge < -0.3 is 5.32 Å². The molecule has 1 aromatic heterocycles. The van der Waals surface area contributed by atoms with Gasteiger partial charge in [0.15, 0.2) is 0 Å². The van der Waals surface area contributed by atoms with Crippen LogP contribution in [0.3, 0.4) is 0 Å². The number of anilines is 1. The normalized spacial score (nSPS) is 15.7. The van der Waals surface area contributed by atoms with Crippen LogP contribution in [0.1, 0.15) is 12.8 Å². The molecular formula is C6H10N6O. The van der Waals surface area contributed by atoms with Crippen molar-refractivity contribution >= 4 is 11.9 Å². The Bertz CT molecular complexity index is 279. The molecule has 0 radical (unpaired) electrons. The molecule has 1 heterocycles. The molecule has 0 unspecified atom stereocenters. The molecule has 1 fully saturated rings. The van der Waals surface area contributed by atoms with Gasteiger partial charge in [0, 0.05) is 6.04 Å². The first kappa shape index (κ1) is 8.11. The molecule has 1 aliphatic carbocycles. The Morgan fingerprint density at radius 2 is 2.46 bits per heavy atom. The van der Waals surface area contributed by atoms with Crippen LogP contribution in [0.4, 0.5) is 5.95 Å². The number of nitrogens with one attached hydrogen (secondary N) is 3. The third-order valence-electron chi connectivity index (χ3n) is 1.73. The van der Waals surface area contributed by atoms with E-state index in [1.165, 1.54) is 0 Å². The highest BCUT2D eigenvalue weighted by atomic mass is 16.2. The second-order valence-corrected chi connectivity index (χ2v) is 2.94. The molecule has 70 valence electrons. The minimum Gasteiger partial charge on any atom is -0.306 e. The smallest absolute Gasteiger partial charge is 0.269 e. The van der Waals surface area contributed by atoms with Gasteiger partial charge in [-0.1, -0.05) is 5.10 Å². The zero-order valence-corrected chi connectivity index (χ0v) is 6.95. The number of aromatic amines is 1. The van der Waals surface area contributed by atoms with Crippen molar-refractivity contribution < 1.29 is 4.79 Å². The highest BCUT2D eigenvalue weighted by Gasteiger charge is 2.21. The van der Waals surface area contributed by atoms with E-state index in [-0.39, 0.29) is 11.9 Å². The van der Waals surface area contributed by atoms with Crippen LogP contribution in [0, 0.1) is 0 Å². The number of tetrazole rings is 1. The van der Waals surface area contributed by atoms with E-state index < -0.39 is 0 Å². The van der Waals surface area contributed by atoms with Gasteiger partial charge in [0.2, 0.25) is 5.91 Å². The van der Waals surface area contributed by atoms with E-state index in [9.17, 15) is 4.79 Å². The van der Waals surface area contributed by atoms with Gasteiger partial charge in [-0.15, -0.1) is 5.10 Å². The number of amides is 1. The molecule has 3 N–H and O–H groups in total. The Kier molecular flexibility index (Phi) is 2.17. The topological polar surface area (TPSA) is 95.6 Å².